The van der Waals surface area contributed by atoms with Gasteiger partial charge in [-0.1, -0.05) is 0 Å². The zero-order valence-corrected chi connectivity index (χ0v) is 17.0. The van der Waals surface area contributed by atoms with Crippen LogP contribution in [0.25, 0.3) is 16.9 Å². The van der Waals surface area contributed by atoms with Gasteiger partial charge in [0.05, 0.1) is 29.8 Å². The molecule has 9 heteroatoms. The van der Waals surface area contributed by atoms with Gasteiger partial charge >= 0.3 is 0 Å². The number of hydrogen-bond donors (Lipinski definition) is 2. The van der Waals surface area contributed by atoms with Crippen molar-refractivity contribution in [3.05, 3.63) is 60.3 Å². The first-order valence-corrected chi connectivity index (χ1v) is 10.2. The van der Waals surface area contributed by atoms with E-state index in [9.17, 15) is 8.78 Å². The number of anilines is 2. The van der Waals surface area contributed by atoms with E-state index in [4.69, 9.17) is 5.11 Å². The normalized spacial score (nSPS) is 18.3. The van der Waals surface area contributed by atoms with E-state index in [1.807, 2.05) is 10.9 Å². The Labute approximate surface area is 177 Å². The van der Waals surface area contributed by atoms with E-state index >= 15 is 0 Å². The predicted molar refractivity (Wildman–Crippen MR) is 112 cm³/mol. The molecule has 0 radical (unpaired) electrons. The molecule has 0 amide bonds. The summed E-state index contributed by atoms with van der Waals surface area (Å²) in [6.45, 7) is 1.82. The summed E-state index contributed by atoms with van der Waals surface area (Å²) < 4.78 is 31.8. The Balaban J connectivity index is 1.41. The molecule has 0 bridgehead atoms. The van der Waals surface area contributed by atoms with Crippen LogP contribution in [0.3, 0.4) is 0 Å². The highest BCUT2D eigenvalue weighted by molar-refractivity contribution is 5.74. The fourth-order valence-corrected chi connectivity index (χ4v) is 4.13. The number of fused-ring (bicyclic) bond motifs is 1. The molecule has 0 atom stereocenters. The van der Waals surface area contributed by atoms with Gasteiger partial charge in [-0.3, -0.25) is 9.08 Å². The van der Waals surface area contributed by atoms with Crippen molar-refractivity contribution < 1.29 is 13.9 Å². The molecule has 3 heterocycles. The summed E-state index contributed by atoms with van der Waals surface area (Å²) in [5.74, 6) is -0.161. The van der Waals surface area contributed by atoms with Crippen LogP contribution in [0.1, 0.15) is 30.9 Å². The third-order valence-electron chi connectivity index (χ3n) is 5.94. The zero-order valence-electron chi connectivity index (χ0n) is 17.0. The van der Waals surface area contributed by atoms with Gasteiger partial charge in [0.1, 0.15) is 11.6 Å². The third-order valence-corrected chi connectivity index (χ3v) is 5.94. The smallest absolute Gasteiger partial charge is 0.180 e. The minimum atomic E-state index is -0.651. The number of imidazole rings is 1. The van der Waals surface area contributed by atoms with E-state index in [1.54, 1.807) is 36.1 Å². The van der Waals surface area contributed by atoms with Crippen molar-refractivity contribution in [2.24, 2.45) is 5.92 Å². The minimum absolute atomic E-state index is 0.229. The summed E-state index contributed by atoms with van der Waals surface area (Å²) in [5.41, 5.74) is 2.41. The second-order valence-electron chi connectivity index (χ2n) is 8.03. The van der Waals surface area contributed by atoms with E-state index in [-0.39, 0.29) is 12.2 Å². The molecule has 1 aromatic carbocycles. The van der Waals surface area contributed by atoms with Gasteiger partial charge in [0.15, 0.2) is 11.5 Å². The number of rotatable bonds is 6. The van der Waals surface area contributed by atoms with Crippen molar-refractivity contribution in [2.45, 2.75) is 32.2 Å². The zero-order chi connectivity index (χ0) is 21.5. The van der Waals surface area contributed by atoms with Crippen molar-refractivity contribution in [1.29, 1.82) is 0 Å². The first-order chi connectivity index (χ1) is 15.0. The lowest BCUT2D eigenvalue weighted by Gasteiger charge is -2.35. The molecule has 7 nitrogen and oxygen atoms in total. The SMILES string of the molecule is Cc1cc(-c2cnc(Nc3cnn([C@H]4C[C@@H](CCO)C4)c3)c3nccn23)c(F)cc1F. The molecule has 1 aliphatic carbocycles. The van der Waals surface area contributed by atoms with Crippen LogP contribution in [0, 0.1) is 24.5 Å². The van der Waals surface area contributed by atoms with E-state index in [2.05, 4.69) is 20.4 Å². The number of halogens is 2. The molecule has 0 aliphatic heterocycles. The van der Waals surface area contributed by atoms with Crippen LogP contribution in [0.2, 0.25) is 0 Å². The second kappa shape index (κ2) is 7.73. The van der Waals surface area contributed by atoms with Gasteiger partial charge in [-0.05, 0) is 43.7 Å². The highest BCUT2D eigenvalue weighted by Gasteiger charge is 2.30. The summed E-state index contributed by atoms with van der Waals surface area (Å²) in [6, 6.07) is 2.71. The lowest BCUT2D eigenvalue weighted by atomic mass is 9.78. The van der Waals surface area contributed by atoms with Gasteiger partial charge in [-0.25, -0.2) is 18.7 Å². The Bertz CT molecular complexity index is 1240. The molecule has 0 saturated heterocycles. The monoisotopic (exact) mass is 424 g/mol. The molecule has 1 saturated carbocycles. The van der Waals surface area contributed by atoms with Crippen LogP contribution in [0.4, 0.5) is 20.3 Å². The summed E-state index contributed by atoms with van der Waals surface area (Å²) in [5, 5.41) is 16.7. The largest absolute Gasteiger partial charge is 0.396 e. The average molecular weight is 424 g/mol. The summed E-state index contributed by atoms with van der Waals surface area (Å²) in [4.78, 5) is 8.81. The fourth-order valence-electron chi connectivity index (χ4n) is 4.13. The highest BCUT2D eigenvalue weighted by Crippen LogP contribution is 2.39. The molecule has 31 heavy (non-hydrogen) atoms. The number of aliphatic hydroxyl groups excluding tert-OH is 1. The van der Waals surface area contributed by atoms with Crippen LogP contribution < -0.4 is 5.32 Å². The van der Waals surface area contributed by atoms with Gasteiger partial charge in [-0.15, -0.1) is 0 Å². The standard InChI is InChI=1S/C22H22F2N6O/c1-13-6-17(19(24)9-18(13)23)20-11-26-21(22-25-3-4-29(20)22)28-15-10-27-30(12-15)16-7-14(8-16)2-5-31/h3-4,6,9-12,14,16,31H,2,5,7-8H2,1H3,(H,26,28)/t14-,16+. The number of aromatic nitrogens is 5. The van der Waals surface area contributed by atoms with Crippen LogP contribution >= 0.6 is 0 Å². The van der Waals surface area contributed by atoms with Crippen LogP contribution in [-0.2, 0) is 0 Å². The fraction of sp³-hybridized carbons (Fsp3) is 0.318. The Hall–Kier alpha value is -3.33. The number of hydrogen-bond acceptors (Lipinski definition) is 5. The number of aliphatic hydroxyl groups is 1. The molecule has 1 aliphatic rings. The third kappa shape index (κ3) is 3.54. The highest BCUT2D eigenvalue weighted by atomic mass is 19.1. The Morgan fingerprint density at radius 1 is 1.16 bits per heavy atom. The molecule has 0 unspecified atom stereocenters. The topological polar surface area (TPSA) is 80.3 Å². The second-order valence-corrected chi connectivity index (χ2v) is 8.03. The predicted octanol–water partition coefficient (Wildman–Crippen LogP) is 4.26. The van der Waals surface area contributed by atoms with Crippen LogP contribution in [-0.4, -0.2) is 35.9 Å². The van der Waals surface area contributed by atoms with Gasteiger partial charge < -0.3 is 10.4 Å². The molecule has 160 valence electrons. The van der Waals surface area contributed by atoms with Gasteiger partial charge in [0.2, 0.25) is 0 Å². The quantitative estimate of drug-likeness (QED) is 0.484. The van der Waals surface area contributed by atoms with E-state index in [0.29, 0.717) is 34.7 Å². The van der Waals surface area contributed by atoms with Crippen molar-refractivity contribution in [1.82, 2.24) is 24.1 Å². The van der Waals surface area contributed by atoms with E-state index in [0.717, 1.165) is 31.0 Å². The number of benzene rings is 1. The molecular formula is C22H22F2N6O. The molecular weight excluding hydrogens is 402 g/mol. The Kier molecular flexibility index (Phi) is 4.90. The lowest BCUT2D eigenvalue weighted by molar-refractivity contribution is 0.142. The number of aryl methyl sites for hydroxylation is 1. The summed E-state index contributed by atoms with van der Waals surface area (Å²) >= 11 is 0. The molecule has 4 aromatic rings. The number of nitrogens with one attached hydrogen (secondary N) is 1. The first-order valence-electron chi connectivity index (χ1n) is 10.2. The summed E-state index contributed by atoms with van der Waals surface area (Å²) in [7, 11) is 0. The van der Waals surface area contributed by atoms with E-state index in [1.165, 1.54) is 6.07 Å². The Morgan fingerprint density at radius 3 is 2.81 bits per heavy atom. The molecule has 5 rings (SSSR count). The maximum Gasteiger partial charge on any atom is 0.180 e. The summed E-state index contributed by atoms with van der Waals surface area (Å²) in [6.07, 6.45) is 11.4. The van der Waals surface area contributed by atoms with Gasteiger partial charge in [0.25, 0.3) is 0 Å². The maximum absolute atomic E-state index is 14.4. The maximum atomic E-state index is 14.4. The van der Waals surface area contributed by atoms with E-state index < -0.39 is 11.6 Å². The van der Waals surface area contributed by atoms with Crippen molar-refractivity contribution in [3.8, 4) is 11.3 Å². The number of nitrogens with zero attached hydrogens (tertiary/aromatic N) is 5. The lowest BCUT2D eigenvalue weighted by Crippen LogP contribution is -2.27. The Morgan fingerprint density at radius 2 is 2.00 bits per heavy atom. The molecule has 2 N–H and O–H groups in total. The average Bonchev–Trinajstić information content (AvgIpc) is 3.38. The van der Waals surface area contributed by atoms with Crippen LogP contribution in [0.5, 0.6) is 0 Å². The van der Waals surface area contributed by atoms with Gasteiger partial charge in [0, 0.05) is 36.8 Å². The minimum Gasteiger partial charge on any atom is -0.396 e. The van der Waals surface area contributed by atoms with Crippen molar-refractivity contribution >= 4 is 17.2 Å². The van der Waals surface area contributed by atoms with Crippen LogP contribution in [0.15, 0.2) is 43.1 Å². The van der Waals surface area contributed by atoms with Crippen molar-refractivity contribution in [3.63, 3.8) is 0 Å². The van der Waals surface area contributed by atoms with Gasteiger partial charge in [-0.2, -0.15) is 5.10 Å². The molecule has 1 fully saturated rings. The van der Waals surface area contributed by atoms with Crippen molar-refractivity contribution in [2.75, 3.05) is 11.9 Å². The molecule has 0 spiro atoms. The first kappa shape index (κ1) is 19.6. The molecule has 3 aromatic heterocycles.